The molecule has 0 bridgehead atoms. The Morgan fingerprint density at radius 2 is 2.38 bits per heavy atom. The summed E-state index contributed by atoms with van der Waals surface area (Å²) in [7, 11) is 0. The number of rotatable bonds is 3. The predicted molar refractivity (Wildman–Crippen MR) is 50.1 cm³/mol. The van der Waals surface area contributed by atoms with Gasteiger partial charge in [0.05, 0.1) is 6.04 Å². The molecule has 1 atom stereocenters. The topological polar surface area (TPSA) is 53.6 Å². The summed E-state index contributed by atoms with van der Waals surface area (Å²) in [6.07, 6.45) is 4.13. The number of aromatic amines is 1. The van der Waals surface area contributed by atoms with Crippen molar-refractivity contribution in [2.45, 2.75) is 38.8 Å². The third kappa shape index (κ3) is 1.88. The minimum Gasteiger partial charge on any atom is -0.305 e. The Kier molecular flexibility index (Phi) is 2.31. The predicted octanol–water partition coefficient (Wildman–Crippen LogP) is 1.25. The van der Waals surface area contributed by atoms with Gasteiger partial charge in [0, 0.05) is 6.04 Å². The molecular formula is C9H16N4. The lowest BCUT2D eigenvalue weighted by Gasteiger charge is -2.35. The molecule has 1 saturated carbocycles. The molecule has 1 aliphatic carbocycles. The number of hydrogen-bond acceptors (Lipinski definition) is 3. The third-order valence-electron chi connectivity index (χ3n) is 2.70. The molecule has 0 saturated heterocycles. The Morgan fingerprint density at radius 3 is 2.92 bits per heavy atom. The SMILES string of the molecule is CC1CC(NC(C)c2ncn[nH]2)C1. The highest BCUT2D eigenvalue weighted by Crippen LogP contribution is 2.27. The molecule has 1 aromatic heterocycles. The van der Waals surface area contributed by atoms with E-state index >= 15 is 0 Å². The minimum absolute atomic E-state index is 0.292. The molecule has 1 unspecified atom stereocenters. The molecule has 4 heteroatoms. The van der Waals surface area contributed by atoms with Gasteiger partial charge in [0.15, 0.2) is 0 Å². The van der Waals surface area contributed by atoms with E-state index in [2.05, 4.69) is 34.3 Å². The van der Waals surface area contributed by atoms with E-state index in [1.165, 1.54) is 12.8 Å². The molecule has 0 aromatic carbocycles. The van der Waals surface area contributed by atoms with Crippen LogP contribution in [0.5, 0.6) is 0 Å². The number of nitrogens with one attached hydrogen (secondary N) is 2. The Hall–Kier alpha value is -0.900. The normalized spacial score (nSPS) is 29.7. The summed E-state index contributed by atoms with van der Waals surface area (Å²) in [5, 5.41) is 10.2. The molecule has 1 aliphatic rings. The van der Waals surface area contributed by atoms with Gasteiger partial charge in [-0.15, -0.1) is 0 Å². The van der Waals surface area contributed by atoms with Crippen LogP contribution in [0.3, 0.4) is 0 Å². The first-order chi connectivity index (χ1) is 6.25. The molecule has 1 aromatic rings. The lowest BCUT2D eigenvalue weighted by Crippen LogP contribution is -2.41. The van der Waals surface area contributed by atoms with Crippen molar-refractivity contribution < 1.29 is 0 Å². The maximum atomic E-state index is 4.12. The van der Waals surface area contributed by atoms with Gasteiger partial charge in [-0.1, -0.05) is 6.92 Å². The summed E-state index contributed by atoms with van der Waals surface area (Å²) in [5.41, 5.74) is 0. The molecule has 72 valence electrons. The van der Waals surface area contributed by atoms with Crippen LogP contribution in [-0.4, -0.2) is 21.2 Å². The molecule has 2 N–H and O–H groups in total. The van der Waals surface area contributed by atoms with Gasteiger partial charge >= 0.3 is 0 Å². The van der Waals surface area contributed by atoms with Crippen molar-refractivity contribution in [2.75, 3.05) is 0 Å². The number of aromatic nitrogens is 3. The molecule has 1 heterocycles. The number of nitrogens with zero attached hydrogens (tertiary/aromatic N) is 2. The van der Waals surface area contributed by atoms with Gasteiger partial charge in [-0.2, -0.15) is 5.10 Å². The summed E-state index contributed by atoms with van der Waals surface area (Å²) in [6.45, 7) is 4.40. The van der Waals surface area contributed by atoms with Gasteiger partial charge in [0.1, 0.15) is 12.2 Å². The molecule has 0 aliphatic heterocycles. The van der Waals surface area contributed by atoms with E-state index in [9.17, 15) is 0 Å². The highest BCUT2D eigenvalue weighted by atomic mass is 15.2. The van der Waals surface area contributed by atoms with Crippen LogP contribution in [0.15, 0.2) is 6.33 Å². The van der Waals surface area contributed by atoms with Crippen LogP contribution >= 0.6 is 0 Å². The largest absolute Gasteiger partial charge is 0.305 e. The average Bonchev–Trinajstić information content (AvgIpc) is 2.53. The van der Waals surface area contributed by atoms with Gasteiger partial charge in [0.2, 0.25) is 0 Å². The van der Waals surface area contributed by atoms with Crippen molar-refractivity contribution in [1.82, 2.24) is 20.5 Å². The number of hydrogen-bond donors (Lipinski definition) is 2. The van der Waals surface area contributed by atoms with E-state index in [1.807, 2.05) is 0 Å². The second kappa shape index (κ2) is 3.46. The zero-order chi connectivity index (χ0) is 9.26. The van der Waals surface area contributed by atoms with E-state index in [0.29, 0.717) is 12.1 Å². The summed E-state index contributed by atoms with van der Waals surface area (Å²) in [6, 6.07) is 0.968. The van der Waals surface area contributed by atoms with E-state index in [4.69, 9.17) is 0 Å². The Morgan fingerprint density at radius 1 is 1.62 bits per heavy atom. The molecule has 0 spiro atoms. The van der Waals surface area contributed by atoms with Crippen LogP contribution in [-0.2, 0) is 0 Å². The molecule has 13 heavy (non-hydrogen) atoms. The lowest BCUT2D eigenvalue weighted by atomic mass is 9.81. The van der Waals surface area contributed by atoms with Crippen LogP contribution in [0.25, 0.3) is 0 Å². The Labute approximate surface area is 78.1 Å². The van der Waals surface area contributed by atoms with Gasteiger partial charge in [-0.25, -0.2) is 4.98 Å². The lowest BCUT2D eigenvalue weighted by molar-refractivity contribution is 0.224. The maximum absolute atomic E-state index is 4.12. The van der Waals surface area contributed by atoms with Crippen LogP contribution in [0, 0.1) is 5.92 Å². The van der Waals surface area contributed by atoms with Crippen molar-refractivity contribution >= 4 is 0 Å². The van der Waals surface area contributed by atoms with Gasteiger partial charge < -0.3 is 5.32 Å². The summed E-state index contributed by atoms with van der Waals surface area (Å²) < 4.78 is 0. The zero-order valence-corrected chi connectivity index (χ0v) is 8.12. The van der Waals surface area contributed by atoms with Crippen LogP contribution in [0.4, 0.5) is 0 Å². The van der Waals surface area contributed by atoms with E-state index in [-0.39, 0.29) is 0 Å². The first-order valence-electron chi connectivity index (χ1n) is 4.87. The van der Waals surface area contributed by atoms with Gasteiger partial charge in [-0.3, -0.25) is 5.10 Å². The molecule has 1 fully saturated rings. The summed E-state index contributed by atoms with van der Waals surface area (Å²) >= 11 is 0. The molecular weight excluding hydrogens is 164 g/mol. The summed E-state index contributed by atoms with van der Waals surface area (Å²) in [4.78, 5) is 4.12. The highest BCUT2D eigenvalue weighted by molar-refractivity contribution is 4.93. The van der Waals surface area contributed by atoms with Crippen molar-refractivity contribution in [3.63, 3.8) is 0 Å². The first kappa shape index (κ1) is 8.69. The summed E-state index contributed by atoms with van der Waals surface area (Å²) in [5.74, 6) is 1.82. The van der Waals surface area contributed by atoms with Gasteiger partial charge in [-0.05, 0) is 25.7 Å². The second-order valence-electron chi connectivity index (χ2n) is 4.03. The third-order valence-corrected chi connectivity index (χ3v) is 2.70. The minimum atomic E-state index is 0.292. The Balaban J connectivity index is 1.82. The standard InChI is InChI=1S/C9H16N4/c1-6-3-8(4-6)12-7(2)9-10-5-11-13-9/h5-8,12H,3-4H2,1-2H3,(H,10,11,13). The quantitative estimate of drug-likeness (QED) is 0.736. The van der Waals surface area contributed by atoms with E-state index < -0.39 is 0 Å². The molecule has 4 nitrogen and oxygen atoms in total. The smallest absolute Gasteiger partial charge is 0.141 e. The van der Waals surface area contributed by atoms with Crippen LogP contribution < -0.4 is 5.32 Å². The van der Waals surface area contributed by atoms with E-state index in [1.54, 1.807) is 6.33 Å². The fraction of sp³-hybridized carbons (Fsp3) is 0.778. The van der Waals surface area contributed by atoms with Crippen molar-refractivity contribution in [3.05, 3.63) is 12.2 Å². The molecule has 2 rings (SSSR count). The zero-order valence-electron chi connectivity index (χ0n) is 8.12. The fourth-order valence-corrected chi connectivity index (χ4v) is 1.89. The first-order valence-corrected chi connectivity index (χ1v) is 4.87. The molecule has 0 amide bonds. The average molecular weight is 180 g/mol. The number of H-pyrrole nitrogens is 1. The molecule has 0 radical (unpaired) electrons. The van der Waals surface area contributed by atoms with E-state index in [0.717, 1.165) is 11.7 Å². The monoisotopic (exact) mass is 180 g/mol. The van der Waals surface area contributed by atoms with Crippen molar-refractivity contribution in [1.29, 1.82) is 0 Å². The Bertz CT molecular complexity index is 251. The second-order valence-corrected chi connectivity index (χ2v) is 4.03. The highest BCUT2D eigenvalue weighted by Gasteiger charge is 2.26. The van der Waals surface area contributed by atoms with Crippen molar-refractivity contribution in [3.8, 4) is 0 Å². The fourth-order valence-electron chi connectivity index (χ4n) is 1.89. The van der Waals surface area contributed by atoms with Crippen LogP contribution in [0.1, 0.15) is 38.6 Å². The van der Waals surface area contributed by atoms with Gasteiger partial charge in [0.25, 0.3) is 0 Å². The van der Waals surface area contributed by atoms with Crippen molar-refractivity contribution in [2.24, 2.45) is 5.92 Å². The maximum Gasteiger partial charge on any atom is 0.141 e. The van der Waals surface area contributed by atoms with Crippen LogP contribution in [0.2, 0.25) is 0 Å².